The average Bonchev–Trinajstić information content (AvgIpc) is 2.95. The van der Waals surface area contributed by atoms with Crippen LogP contribution in [0.2, 0.25) is 0 Å². The van der Waals surface area contributed by atoms with Crippen LogP contribution in [-0.4, -0.2) is 52.5 Å². The Morgan fingerprint density at radius 1 is 1.18 bits per heavy atom. The zero-order valence-corrected chi connectivity index (χ0v) is 11.9. The van der Waals surface area contributed by atoms with E-state index in [1.807, 2.05) is 6.07 Å². The number of carbonyl (C=O) groups excluding carboxylic acids is 1. The number of piperidine rings is 1. The molecule has 2 N–H and O–H groups in total. The van der Waals surface area contributed by atoms with Crippen LogP contribution >= 0.6 is 0 Å². The molecule has 2 heterocycles. The molecule has 7 nitrogen and oxygen atoms in total. The molecule has 22 heavy (non-hydrogen) atoms. The van der Waals surface area contributed by atoms with Crippen molar-refractivity contribution in [2.75, 3.05) is 19.9 Å². The molecule has 1 amide bonds. The number of aliphatic carboxylic acids is 1. The van der Waals surface area contributed by atoms with Gasteiger partial charge < -0.3 is 24.6 Å². The van der Waals surface area contributed by atoms with E-state index < -0.39 is 11.6 Å². The van der Waals surface area contributed by atoms with E-state index in [1.54, 1.807) is 17.0 Å². The van der Waals surface area contributed by atoms with Gasteiger partial charge in [-0.25, -0.2) is 4.79 Å². The van der Waals surface area contributed by atoms with Crippen LogP contribution in [0.5, 0.6) is 11.5 Å². The molecule has 0 unspecified atom stereocenters. The average molecular weight is 307 g/mol. The zero-order valence-electron chi connectivity index (χ0n) is 11.9. The van der Waals surface area contributed by atoms with E-state index >= 15 is 0 Å². The van der Waals surface area contributed by atoms with E-state index in [9.17, 15) is 14.7 Å². The van der Waals surface area contributed by atoms with Crippen LogP contribution in [0.25, 0.3) is 0 Å². The normalized spacial score (nSPS) is 19.0. The van der Waals surface area contributed by atoms with Gasteiger partial charge in [-0.2, -0.15) is 0 Å². The lowest BCUT2D eigenvalue weighted by Crippen LogP contribution is -2.51. The third-order valence-corrected chi connectivity index (χ3v) is 4.13. The van der Waals surface area contributed by atoms with Crippen LogP contribution in [0.1, 0.15) is 18.4 Å². The summed E-state index contributed by atoms with van der Waals surface area (Å²) in [7, 11) is 0. The number of benzene rings is 1. The molecule has 0 spiro atoms. The molecular weight excluding hydrogens is 290 g/mol. The van der Waals surface area contributed by atoms with Crippen molar-refractivity contribution in [3.63, 3.8) is 0 Å². The van der Waals surface area contributed by atoms with Gasteiger partial charge in [-0.05, 0) is 17.7 Å². The molecule has 2 aliphatic rings. The minimum atomic E-state index is -1.71. The summed E-state index contributed by atoms with van der Waals surface area (Å²) in [5.41, 5.74) is -0.900. The monoisotopic (exact) mass is 307 g/mol. The summed E-state index contributed by atoms with van der Waals surface area (Å²) < 4.78 is 10.5. The fourth-order valence-corrected chi connectivity index (χ4v) is 2.68. The second-order valence-electron chi connectivity index (χ2n) is 5.58. The number of carboxylic acids is 1. The first kappa shape index (κ1) is 14.6. The number of hydrogen-bond donors (Lipinski definition) is 2. The van der Waals surface area contributed by atoms with Crippen molar-refractivity contribution in [3.05, 3.63) is 23.8 Å². The van der Waals surface area contributed by atoms with E-state index in [0.717, 1.165) is 5.56 Å². The van der Waals surface area contributed by atoms with Crippen LogP contribution in [0.4, 0.5) is 0 Å². The number of carboxylic acid groups (broad SMARTS) is 1. The highest BCUT2D eigenvalue weighted by Gasteiger charge is 2.40. The summed E-state index contributed by atoms with van der Waals surface area (Å²) in [5.74, 6) is -0.0217. The summed E-state index contributed by atoms with van der Waals surface area (Å²) in [5, 5.41) is 18.8. The van der Waals surface area contributed by atoms with Crippen molar-refractivity contribution in [1.29, 1.82) is 0 Å². The molecule has 118 valence electrons. The standard InChI is InChI=1S/C15H17NO6/c17-13(16-5-3-15(20,4-6-16)14(18)19)8-10-1-2-11-12(7-10)22-9-21-11/h1-2,7,20H,3-6,8-9H2,(H,18,19). The molecule has 1 aromatic carbocycles. The van der Waals surface area contributed by atoms with Crippen molar-refractivity contribution in [2.24, 2.45) is 0 Å². The quantitative estimate of drug-likeness (QED) is 0.839. The van der Waals surface area contributed by atoms with Crippen LogP contribution in [0.3, 0.4) is 0 Å². The van der Waals surface area contributed by atoms with Crippen molar-refractivity contribution in [1.82, 2.24) is 4.90 Å². The second-order valence-corrected chi connectivity index (χ2v) is 5.58. The second kappa shape index (κ2) is 5.49. The Kier molecular flexibility index (Phi) is 3.66. The molecule has 0 saturated carbocycles. The number of carbonyl (C=O) groups is 2. The van der Waals surface area contributed by atoms with Gasteiger partial charge >= 0.3 is 5.97 Å². The Labute approximate surface area is 127 Å². The number of rotatable bonds is 3. The Balaban J connectivity index is 1.60. The van der Waals surface area contributed by atoms with Gasteiger partial charge in [0.15, 0.2) is 17.1 Å². The molecule has 0 bridgehead atoms. The lowest BCUT2D eigenvalue weighted by Gasteiger charge is -2.35. The lowest BCUT2D eigenvalue weighted by atomic mass is 9.91. The third-order valence-electron chi connectivity index (χ3n) is 4.13. The molecule has 7 heteroatoms. The molecular formula is C15H17NO6. The van der Waals surface area contributed by atoms with Gasteiger partial charge in [0.2, 0.25) is 12.7 Å². The zero-order chi connectivity index (χ0) is 15.7. The predicted molar refractivity (Wildman–Crippen MR) is 74.7 cm³/mol. The summed E-state index contributed by atoms with van der Waals surface area (Å²) in [6.45, 7) is 0.672. The Hall–Kier alpha value is -2.28. The number of fused-ring (bicyclic) bond motifs is 1. The van der Waals surface area contributed by atoms with Gasteiger partial charge in [0.1, 0.15) is 0 Å². The topological polar surface area (TPSA) is 96.3 Å². The van der Waals surface area contributed by atoms with E-state index in [-0.39, 0.29) is 45.1 Å². The summed E-state index contributed by atoms with van der Waals surface area (Å²) in [6, 6.07) is 5.35. The minimum absolute atomic E-state index is 0.0508. The SMILES string of the molecule is O=C(Cc1ccc2c(c1)OCO2)N1CCC(O)(C(=O)O)CC1. The van der Waals surface area contributed by atoms with Gasteiger partial charge in [0.05, 0.1) is 6.42 Å². The van der Waals surface area contributed by atoms with Crippen LogP contribution in [0.15, 0.2) is 18.2 Å². The van der Waals surface area contributed by atoms with Crippen molar-refractivity contribution in [2.45, 2.75) is 24.9 Å². The molecule has 0 aromatic heterocycles. The van der Waals surface area contributed by atoms with E-state index in [4.69, 9.17) is 14.6 Å². The summed E-state index contributed by atoms with van der Waals surface area (Å²) >= 11 is 0. The number of amides is 1. The van der Waals surface area contributed by atoms with E-state index in [2.05, 4.69) is 0 Å². The summed E-state index contributed by atoms with van der Waals surface area (Å²) in [4.78, 5) is 24.8. The molecule has 0 atom stereocenters. The third kappa shape index (κ3) is 2.71. The van der Waals surface area contributed by atoms with Gasteiger partial charge in [-0.1, -0.05) is 6.07 Å². The maximum atomic E-state index is 12.3. The molecule has 2 aliphatic heterocycles. The van der Waals surface area contributed by atoms with Crippen LogP contribution in [0, 0.1) is 0 Å². The van der Waals surface area contributed by atoms with Gasteiger partial charge in [0.25, 0.3) is 0 Å². The number of aliphatic hydroxyl groups is 1. The Bertz CT molecular complexity index is 606. The Morgan fingerprint density at radius 3 is 2.55 bits per heavy atom. The minimum Gasteiger partial charge on any atom is -0.479 e. The smallest absolute Gasteiger partial charge is 0.335 e. The van der Waals surface area contributed by atoms with Crippen LogP contribution < -0.4 is 9.47 Å². The fraction of sp³-hybridized carbons (Fsp3) is 0.467. The van der Waals surface area contributed by atoms with E-state index in [0.29, 0.717) is 11.5 Å². The molecule has 0 aliphatic carbocycles. The van der Waals surface area contributed by atoms with Crippen molar-refractivity contribution >= 4 is 11.9 Å². The maximum absolute atomic E-state index is 12.3. The molecule has 0 radical (unpaired) electrons. The maximum Gasteiger partial charge on any atom is 0.335 e. The first-order valence-corrected chi connectivity index (χ1v) is 7.10. The number of hydrogen-bond acceptors (Lipinski definition) is 5. The Morgan fingerprint density at radius 2 is 1.86 bits per heavy atom. The number of nitrogens with zero attached hydrogens (tertiary/aromatic N) is 1. The van der Waals surface area contributed by atoms with Gasteiger partial charge in [-0.3, -0.25) is 4.79 Å². The number of likely N-dealkylation sites (tertiary alicyclic amines) is 1. The molecule has 1 aromatic rings. The van der Waals surface area contributed by atoms with Crippen molar-refractivity contribution in [3.8, 4) is 11.5 Å². The van der Waals surface area contributed by atoms with Crippen LogP contribution in [-0.2, 0) is 16.0 Å². The fourth-order valence-electron chi connectivity index (χ4n) is 2.68. The molecule has 3 rings (SSSR count). The van der Waals surface area contributed by atoms with Gasteiger partial charge in [-0.15, -0.1) is 0 Å². The first-order chi connectivity index (χ1) is 10.5. The van der Waals surface area contributed by atoms with Gasteiger partial charge in [0, 0.05) is 25.9 Å². The summed E-state index contributed by atoms with van der Waals surface area (Å²) in [6.07, 6.45) is 0.312. The highest BCUT2D eigenvalue weighted by molar-refractivity contribution is 5.81. The van der Waals surface area contributed by atoms with E-state index in [1.165, 1.54) is 0 Å². The molecule has 1 fully saturated rings. The highest BCUT2D eigenvalue weighted by atomic mass is 16.7. The largest absolute Gasteiger partial charge is 0.479 e. The lowest BCUT2D eigenvalue weighted by molar-refractivity contribution is -0.165. The van der Waals surface area contributed by atoms with Crippen molar-refractivity contribution < 1.29 is 29.3 Å². The highest BCUT2D eigenvalue weighted by Crippen LogP contribution is 2.32. The number of ether oxygens (including phenoxy) is 2. The first-order valence-electron chi connectivity index (χ1n) is 7.10. The molecule has 1 saturated heterocycles. The predicted octanol–water partition coefficient (Wildman–Crippen LogP) is 0.396.